The van der Waals surface area contributed by atoms with E-state index in [0.717, 1.165) is 28.3 Å². The Balaban J connectivity index is 1.80. The predicted molar refractivity (Wildman–Crippen MR) is 117 cm³/mol. The van der Waals surface area contributed by atoms with Crippen molar-refractivity contribution >= 4 is 58.0 Å². The van der Waals surface area contributed by atoms with Crippen LogP contribution in [0.3, 0.4) is 0 Å². The first kappa shape index (κ1) is 19.1. The molecule has 0 bridgehead atoms. The Morgan fingerprint density at radius 3 is 2.46 bits per heavy atom. The number of allylic oxidation sites excluding steroid dienone is 1. The minimum Gasteiger partial charge on any atom is -0.318 e. The van der Waals surface area contributed by atoms with Crippen molar-refractivity contribution in [1.29, 1.82) is 5.41 Å². The van der Waals surface area contributed by atoms with Crippen molar-refractivity contribution in [2.45, 2.75) is 20.8 Å². The van der Waals surface area contributed by atoms with Crippen LogP contribution < -0.4 is 0 Å². The van der Waals surface area contributed by atoms with E-state index >= 15 is 0 Å². The summed E-state index contributed by atoms with van der Waals surface area (Å²) in [5.74, 6) is -0.258. The minimum atomic E-state index is -0.401. The maximum absolute atomic E-state index is 12.5. The van der Waals surface area contributed by atoms with Gasteiger partial charge >= 0.3 is 0 Å². The molecule has 0 aliphatic carbocycles. The largest absolute Gasteiger partial charge is 0.318 e. The Morgan fingerprint density at radius 1 is 1.11 bits per heavy atom. The normalized spacial score (nSPS) is 17.9. The highest BCUT2D eigenvalue weighted by atomic mass is 35.5. The number of carbonyl (C=O) groups excluding carboxylic acids is 1. The number of carbonyl (C=O) groups is 1. The molecule has 0 atom stereocenters. The number of halogens is 2. The zero-order chi connectivity index (χ0) is 20.2. The molecule has 1 aromatic carbocycles. The number of thioether (sulfide) groups is 1. The number of hydrogen-bond donors (Lipinski definition) is 1. The second-order valence-electron chi connectivity index (χ2n) is 6.61. The summed E-state index contributed by atoms with van der Waals surface area (Å²) in [5.41, 5.74) is 4.72. The molecule has 142 valence electrons. The molecular weight excluding hydrogens is 415 g/mol. The van der Waals surface area contributed by atoms with Crippen LogP contribution in [0.15, 0.2) is 45.9 Å². The van der Waals surface area contributed by atoms with E-state index in [9.17, 15) is 4.79 Å². The van der Waals surface area contributed by atoms with Gasteiger partial charge in [0.2, 0.25) is 0 Å². The number of aromatic nitrogens is 1. The molecule has 2 aromatic rings. The number of nitrogens with one attached hydrogen (secondary N) is 1. The third-order valence-corrected chi connectivity index (χ3v) is 6.04. The van der Waals surface area contributed by atoms with Crippen molar-refractivity contribution in [3.05, 3.63) is 67.9 Å². The molecule has 2 aliphatic rings. The molecule has 0 fully saturated rings. The Morgan fingerprint density at radius 2 is 1.79 bits per heavy atom. The van der Waals surface area contributed by atoms with E-state index < -0.39 is 5.91 Å². The van der Waals surface area contributed by atoms with Crippen LogP contribution in [0.1, 0.15) is 23.9 Å². The summed E-state index contributed by atoms with van der Waals surface area (Å²) in [7, 11) is 0. The fourth-order valence-electron chi connectivity index (χ4n) is 3.40. The first-order valence-electron chi connectivity index (χ1n) is 8.49. The summed E-state index contributed by atoms with van der Waals surface area (Å²) in [6, 6.07) is 7.33. The van der Waals surface area contributed by atoms with Crippen LogP contribution in [-0.2, 0) is 4.79 Å². The molecule has 0 saturated heterocycles. The molecule has 3 heterocycles. The van der Waals surface area contributed by atoms with Crippen LogP contribution in [0.5, 0.6) is 0 Å². The van der Waals surface area contributed by atoms with Gasteiger partial charge in [0.15, 0.2) is 5.17 Å². The molecule has 1 N–H and O–H groups in total. The van der Waals surface area contributed by atoms with Crippen LogP contribution in [-0.4, -0.2) is 26.4 Å². The maximum atomic E-state index is 12.5. The first-order valence-corrected chi connectivity index (χ1v) is 10.1. The van der Waals surface area contributed by atoms with E-state index in [1.165, 1.54) is 11.8 Å². The number of nitrogens with zero attached hydrogens (tertiary/aromatic N) is 3. The zero-order valence-corrected chi connectivity index (χ0v) is 17.7. The number of fused-ring (bicyclic) bond motifs is 1. The van der Waals surface area contributed by atoms with Crippen LogP contribution in [0.25, 0.3) is 11.8 Å². The number of hydrogen-bond acceptors (Lipinski definition) is 3. The third-order valence-electron chi connectivity index (χ3n) is 4.66. The van der Waals surface area contributed by atoms with Crippen molar-refractivity contribution in [2.75, 3.05) is 0 Å². The standard InChI is InChI=1S/C20H16Cl2N4OS/c1-10-4-13(12(3)25(10)16-7-14(21)6-15(22)8-16)5-17-18(23)26-11(2)9-28-20(26)24-19(17)27/h4-9,23H,1-3H3/b17-5-,23-18?. The number of amidine groups is 2. The number of aliphatic imine (C=N–C) groups is 1. The van der Waals surface area contributed by atoms with Crippen molar-refractivity contribution < 1.29 is 4.79 Å². The topological polar surface area (TPSA) is 61.5 Å². The molecule has 1 aromatic heterocycles. The lowest BCUT2D eigenvalue weighted by Gasteiger charge is -2.25. The molecule has 8 heteroatoms. The van der Waals surface area contributed by atoms with Gasteiger partial charge in [-0.05, 0) is 62.1 Å². The van der Waals surface area contributed by atoms with E-state index in [2.05, 4.69) is 4.99 Å². The van der Waals surface area contributed by atoms with E-state index in [1.807, 2.05) is 48.9 Å². The SMILES string of the molecule is CC1=CSC2=NC(=O)/C(=C\c3cc(C)n(-c4cc(Cl)cc(Cl)c4)c3C)C(=N)N12. The highest BCUT2D eigenvalue weighted by Crippen LogP contribution is 2.33. The average Bonchev–Trinajstić information content (AvgIpc) is 3.10. The third kappa shape index (κ3) is 3.11. The molecule has 0 spiro atoms. The Hall–Kier alpha value is -2.28. The number of rotatable bonds is 2. The maximum Gasteiger partial charge on any atom is 0.283 e. The summed E-state index contributed by atoms with van der Waals surface area (Å²) < 4.78 is 2.02. The fourth-order valence-corrected chi connectivity index (χ4v) is 4.77. The monoisotopic (exact) mass is 430 g/mol. The van der Waals surface area contributed by atoms with Crippen LogP contribution in [0.2, 0.25) is 10.0 Å². The zero-order valence-electron chi connectivity index (χ0n) is 15.4. The van der Waals surface area contributed by atoms with Crippen molar-refractivity contribution in [1.82, 2.24) is 9.47 Å². The molecule has 28 heavy (non-hydrogen) atoms. The van der Waals surface area contributed by atoms with Crippen molar-refractivity contribution in [2.24, 2.45) is 4.99 Å². The van der Waals surface area contributed by atoms with E-state index in [1.54, 1.807) is 17.0 Å². The number of benzene rings is 1. The Labute approximate surface area is 176 Å². The molecule has 2 aliphatic heterocycles. The van der Waals surface area contributed by atoms with Gasteiger partial charge in [-0.2, -0.15) is 4.99 Å². The Bertz CT molecular complexity index is 1120. The van der Waals surface area contributed by atoms with Crippen LogP contribution >= 0.6 is 35.0 Å². The lowest BCUT2D eigenvalue weighted by molar-refractivity contribution is -0.114. The fraction of sp³-hybridized carbons (Fsp3) is 0.150. The smallest absolute Gasteiger partial charge is 0.283 e. The van der Waals surface area contributed by atoms with Crippen molar-refractivity contribution in [3.63, 3.8) is 0 Å². The van der Waals surface area contributed by atoms with E-state index in [0.29, 0.717) is 15.2 Å². The summed E-state index contributed by atoms with van der Waals surface area (Å²) in [5, 5.41) is 12.0. The molecule has 5 nitrogen and oxygen atoms in total. The van der Waals surface area contributed by atoms with Gasteiger partial charge in [0.25, 0.3) is 5.91 Å². The lowest BCUT2D eigenvalue weighted by Crippen LogP contribution is -2.37. The molecule has 1 amide bonds. The molecule has 4 rings (SSSR count). The van der Waals surface area contributed by atoms with Crippen LogP contribution in [0, 0.1) is 19.3 Å². The summed E-state index contributed by atoms with van der Waals surface area (Å²) >= 11 is 13.7. The van der Waals surface area contributed by atoms with Gasteiger partial charge < -0.3 is 4.57 Å². The highest BCUT2D eigenvalue weighted by Gasteiger charge is 2.34. The summed E-state index contributed by atoms with van der Waals surface area (Å²) in [6.07, 6.45) is 1.73. The lowest BCUT2D eigenvalue weighted by atomic mass is 10.1. The summed E-state index contributed by atoms with van der Waals surface area (Å²) in [6.45, 7) is 5.82. The minimum absolute atomic E-state index is 0.143. The van der Waals surface area contributed by atoms with E-state index in [4.69, 9.17) is 28.6 Å². The van der Waals surface area contributed by atoms with Gasteiger partial charge in [-0.15, -0.1) is 0 Å². The molecular formula is C20H16Cl2N4OS. The van der Waals surface area contributed by atoms with Crippen LogP contribution in [0.4, 0.5) is 0 Å². The summed E-state index contributed by atoms with van der Waals surface area (Å²) in [4.78, 5) is 18.3. The van der Waals surface area contributed by atoms with Gasteiger partial charge in [0.05, 0.1) is 5.57 Å². The predicted octanol–water partition coefficient (Wildman–Crippen LogP) is 5.57. The second-order valence-corrected chi connectivity index (χ2v) is 8.32. The average molecular weight is 431 g/mol. The second kappa shape index (κ2) is 6.95. The van der Waals surface area contributed by atoms with Gasteiger partial charge in [-0.25, -0.2) is 0 Å². The quantitative estimate of drug-likeness (QED) is 0.633. The molecule has 0 radical (unpaired) electrons. The molecule has 0 saturated carbocycles. The first-order chi connectivity index (χ1) is 13.3. The number of aryl methyl sites for hydroxylation is 1. The van der Waals surface area contributed by atoms with Gasteiger partial charge in [0.1, 0.15) is 5.84 Å². The highest BCUT2D eigenvalue weighted by molar-refractivity contribution is 8.16. The number of amides is 1. The van der Waals surface area contributed by atoms with Gasteiger partial charge in [-0.1, -0.05) is 35.0 Å². The molecule has 0 unspecified atom stereocenters. The van der Waals surface area contributed by atoms with Crippen molar-refractivity contribution in [3.8, 4) is 5.69 Å². The van der Waals surface area contributed by atoms with Gasteiger partial charge in [-0.3, -0.25) is 15.1 Å². The Kier molecular flexibility index (Phi) is 4.73. The van der Waals surface area contributed by atoms with Gasteiger partial charge in [0, 0.05) is 32.8 Å². The van der Waals surface area contributed by atoms with E-state index in [-0.39, 0.29) is 11.4 Å².